The first-order valence-corrected chi connectivity index (χ1v) is 17.0. The molecule has 0 spiro atoms. The number of piperidine rings is 2. The third-order valence-corrected chi connectivity index (χ3v) is 8.51. The first kappa shape index (κ1) is 39.7. The van der Waals surface area contributed by atoms with E-state index in [1.807, 2.05) is 6.07 Å². The van der Waals surface area contributed by atoms with E-state index in [1.54, 1.807) is 41.5 Å². The Morgan fingerprint density at radius 2 is 1.33 bits per heavy atom. The summed E-state index contributed by atoms with van der Waals surface area (Å²) in [5.74, 6) is 0.268. The second-order valence-electron chi connectivity index (χ2n) is 14.3. The number of rotatable bonds is 4. The lowest BCUT2D eigenvalue weighted by molar-refractivity contribution is 0.000111. The Bertz CT molecular complexity index is 1760. The third kappa shape index (κ3) is 10.2. The number of carbonyl (C=O) groups excluding carboxylic acids is 2. The fourth-order valence-electron chi connectivity index (χ4n) is 5.36. The monoisotopic (exact) mass is 751 g/mol. The van der Waals surface area contributed by atoms with Crippen LogP contribution in [0.5, 0.6) is 0 Å². The first-order valence-electron chi connectivity index (χ1n) is 16.3. The molecule has 0 radical (unpaired) electrons. The number of hydrogen-bond acceptors (Lipinski definition) is 11. The summed E-state index contributed by atoms with van der Waals surface area (Å²) < 4.78 is 46.3. The van der Waals surface area contributed by atoms with Gasteiger partial charge in [-0.15, -0.1) is 0 Å². The maximum atomic E-state index is 15.5. The summed E-state index contributed by atoms with van der Waals surface area (Å²) in [7, 11) is 0. The molecule has 1 N–H and O–H groups in total. The topological polar surface area (TPSA) is 168 Å². The molecule has 2 aliphatic rings. The maximum absolute atomic E-state index is 15.5. The van der Waals surface area contributed by atoms with Gasteiger partial charge in [0.2, 0.25) is 0 Å². The van der Waals surface area contributed by atoms with Crippen LogP contribution in [-0.4, -0.2) is 84.6 Å². The van der Waals surface area contributed by atoms with Crippen LogP contribution in [0.3, 0.4) is 0 Å². The van der Waals surface area contributed by atoms with Crippen LogP contribution in [0, 0.1) is 11.3 Å². The molecule has 13 nitrogen and oxygen atoms in total. The fourth-order valence-corrected chi connectivity index (χ4v) is 6.03. The number of amides is 2. The number of halogens is 4. The number of aromatic nitrogens is 4. The number of ether oxygens (including phenoxy) is 2. The smallest absolute Gasteiger partial charge is 0.410 e. The molecule has 0 saturated carbocycles. The Morgan fingerprint density at radius 1 is 0.882 bits per heavy atom. The van der Waals surface area contributed by atoms with Gasteiger partial charge in [-0.25, -0.2) is 18.4 Å². The molecule has 0 aromatic carbocycles. The zero-order chi connectivity index (χ0) is 37.8. The van der Waals surface area contributed by atoms with Gasteiger partial charge in [0.1, 0.15) is 23.9 Å². The highest BCUT2D eigenvalue weighted by molar-refractivity contribution is 6.31. The zero-order valence-electron chi connectivity index (χ0n) is 29.3. The van der Waals surface area contributed by atoms with Gasteiger partial charge in [0.25, 0.3) is 5.89 Å². The van der Waals surface area contributed by atoms with Crippen molar-refractivity contribution >= 4 is 35.4 Å². The highest BCUT2D eigenvalue weighted by Gasteiger charge is 2.42. The third-order valence-electron chi connectivity index (χ3n) is 7.93. The number of hydrogen-bond donors (Lipinski definition) is 1. The molecule has 0 unspecified atom stereocenters. The standard InChI is InChI=1S/C18H22ClFN4O4.C16H19ClFN3O2/c1-17(2,3)27-16(26)24-6-4-18(20,5-7-24)14-12(19)8-11(9-21-14)15-22-13(10-25)23-28-15;1-15(2,3)23-14(22)21-6-4-16(18,5-7-21)13-12(17)8-11(9-19)10-20-13/h8-9,25H,4-7,10H2,1-3H3;8,10H,4-7H2,1-3H3. The van der Waals surface area contributed by atoms with E-state index >= 15 is 8.78 Å². The van der Waals surface area contributed by atoms with Crippen molar-refractivity contribution in [3.05, 3.63) is 57.3 Å². The van der Waals surface area contributed by atoms with E-state index < -0.39 is 34.7 Å². The quantitative estimate of drug-likeness (QED) is 0.285. The summed E-state index contributed by atoms with van der Waals surface area (Å²) in [5.41, 5.74) is -3.69. The van der Waals surface area contributed by atoms with Crippen molar-refractivity contribution in [2.45, 2.75) is 96.4 Å². The molecule has 3 aromatic heterocycles. The number of likely N-dealkylation sites (tertiary alicyclic amines) is 2. The number of aliphatic hydroxyl groups excluding tert-OH is 1. The molecule has 0 atom stereocenters. The molecule has 51 heavy (non-hydrogen) atoms. The van der Waals surface area contributed by atoms with Gasteiger partial charge in [-0.1, -0.05) is 28.4 Å². The molecule has 2 saturated heterocycles. The van der Waals surface area contributed by atoms with Crippen LogP contribution in [0.25, 0.3) is 11.5 Å². The number of carbonyl (C=O) groups is 2. The van der Waals surface area contributed by atoms with Gasteiger partial charge < -0.3 is 28.9 Å². The lowest BCUT2D eigenvalue weighted by Crippen LogP contribution is -2.45. The molecule has 276 valence electrons. The Balaban J connectivity index is 0.000000233. The highest BCUT2D eigenvalue weighted by Crippen LogP contribution is 2.41. The van der Waals surface area contributed by atoms with Crippen molar-refractivity contribution in [1.29, 1.82) is 5.26 Å². The average Bonchev–Trinajstić information content (AvgIpc) is 3.53. The van der Waals surface area contributed by atoms with Crippen LogP contribution in [-0.2, 0) is 27.4 Å². The molecular weight excluding hydrogens is 711 g/mol. The molecule has 17 heteroatoms. The van der Waals surface area contributed by atoms with Crippen molar-refractivity contribution in [1.82, 2.24) is 29.9 Å². The second-order valence-corrected chi connectivity index (χ2v) is 15.1. The largest absolute Gasteiger partial charge is 0.444 e. The van der Waals surface area contributed by atoms with Crippen LogP contribution >= 0.6 is 23.2 Å². The Labute approximate surface area is 304 Å². The molecule has 5 rings (SSSR count). The van der Waals surface area contributed by atoms with Gasteiger partial charge >= 0.3 is 12.2 Å². The summed E-state index contributed by atoms with van der Waals surface area (Å²) in [6.45, 7) is 11.2. The van der Waals surface area contributed by atoms with Crippen molar-refractivity contribution in [3.8, 4) is 17.5 Å². The number of alkyl halides is 2. The molecule has 3 aromatic rings. The Hall–Kier alpha value is -4.13. The van der Waals surface area contributed by atoms with E-state index in [-0.39, 0.29) is 97.2 Å². The van der Waals surface area contributed by atoms with Crippen molar-refractivity contribution in [3.63, 3.8) is 0 Å². The summed E-state index contributed by atoms with van der Waals surface area (Å²) in [6.07, 6.45) is 2.11. The molecule has 2 fully saturated rings. The lowest BCUT2D eigenvalue weighted by Gasteiger charge is -2.37. The molecular formula is C34H41Cl2F2N7O6. The average molecular weight is 753 g/mol. The van der Waals surface area contributed by atoms with E-state index in [4.69, 9.17) is 47.6 Å². The number of nitriles is 1. The van der Waals surface area contributed by atoms with Crippen molar-refractivity contribution in [2.24, 2.45) is 0 Å². The molecule has 2 aliphatic heterocycles. The van der Waals surface area contributed by atoms with Crippen LogP contribution in [0.2, 0.25) is 10.0 Å². The number of pyridine rings is 2. The first-order chi connectivity index (χ1) is 23.8. The van der Waals surface area contributed by atoms with E-state index in [2.05, 4.69) is 20.1 Å². The van der Waals surface area contributed by atoms with Crippen LogP contribution in [0.4, 0.5) is 18.4 Å². The van der Waals surface area contributed by atoms with Gasteiger partial charge in [-0.05, 0) is 53.7 Å². The summed E-state index contributed by atoms with van der Waals surface area (Å²) in [4.78, 5) is 39.3. The number of nitrogens with zero attached hydrogens (tertiary/aromatic N) is 7. The molecule has 5 heterocycles. The van der Waals surface area contributed by atoms with Crippen LogP contribution < -0.4 is 0 Å². The molecule has 0 bridgehead atoms. The van der Waals surface area contributed by atoms with Gasteiger partial charge in [0.05, 0.1) is 32.6 Å². The Morgan fingerprint density at radius 3 is 1.71 bits per heavy atom. The Kier molecular flexibility index (Phi) is 12.2. The van der Waals surface area contributed by atoms with E-state index in [9.17, 15) is 9.59 Å². The SMILES string of the molecule is CC(C)(C)OC(=O)N1CCC(F)(c2ncc(-c3nc(CO)no3)cc2Cl)CC1.CC(C)(C)OC(=O)N1CCC(F)(c2ncc(C#N)cc2Cl)CC1. The van der Waals surface area contributed by atoms with Crippen molar-refractivity contribution in [2.75, 3.05) is 26.2 Å². The predicted octanol–water partition coefficient (Wildman–Crippen LogP) is 7.28. The van der Waals surface area contributed by atoms with Crippen LogP contribution in [0.15, 0.2) is 29.0 Å². The molecule has 2 amide bonds. The molecule has 0 aliphatic carbocycles. The van der Waals surface area contributed by atoms with Gasteiger partial charge in [0.15, 0.2) is 17.2 Å². The van der Waals surface area contributed by atoms with E-state index in [1.165, 1.54) is 34.3 Å². The minimum absolute atomic E-state index is 0.0630. The predicted molar refractivity (Wildman–Crippen MR) is 182 cm³/mol. The van der Waals surface area contributed by atoms with Gasteiger partial charge in [0, 0.05) is 64.3 Å². The summed E-state index contributed by atoms with van der Waals surface area (Å²) in [6, 6.07) is 4.82. The highest BCUT2D eigenvalue weighted by atomic mass is 35.5. The lowest BCUT2D eigenvalue weighted by atomic mass is 9.89. The van der Waals surface area contributed by atoms with E-state index in [0.29, 0.717) is 5.56 Å². The van der Waals surface area contributed by atoms with Gasteiger partial charge in [-0.2, -0.15) is 10.2 Å². The zero-order valence-corrected chi connectivity index (χ0v) is 30.8. The van der Waals surface area contributed by atoms with Gasteiger partial charge in [-0.3, -0.25) is 9.97 Å². The fraction of sp³-hybridized carbons (Fsp3) is 0.559. The number of aliphatic hydroxyl groups is 1. The minimum atomic E-state index is -1.75. The van der Waals surface area contributed by atoms with Crippen LogP contribution in [0.1, 0.15) is 90.0 Å². The van der Waals surface area contributed by atoms with E-state index in [0.717, 1.165) is 0 Å². The normalized spacial score (nSPS) is 17.1. The second kappa shape index (κ2) is 15.6. The summed E-state index contributed by atoms with van der Waals surface area (Å²) >= 11 is 12.3. The summed E-state index contributed by atoms with van der Waals surface area (Å²) in [5, 5.41) is 21.7. The minimum Gasteiger partial charge on any atom is -0.444 e. The maximum Gasteiger partial charge on any atom is 0.410 e. The van der Waals surface area contributed by atoms with Crippen molar-refractivity contribution < 1.29 is 37.5 Å².